The van der Waals surface area contributed by atoms with Crippen LogP contribution in [-0.4, -0.2) is 42.9 Å². The van der Waals surface area contributed by atoms with Crippen molar-refractivity contribution in [1.82, 2.24) is 15.5 Å². The molecule has 2 amide bonds. The van der Waals surface area contributed by atoms with Crippen molar-refractivity contribution in [3.05, 3.63) is 60.1 Å². The van der Waals surface area contributed by atoms with E-state index in [1.54, 1.807) is 12.1 Å². The average Bonchev–Trinajstić information content (AvgIpc) is 3.13. The number of hydrogen-bond donors (Lipinski definition) is 2. The molecule has 0 aliphatic heterocycles. The number of hydrogen-bond acceptors (Lipinski definition) is 4. The SMILES string of the molecule is CC(C(=O)NCCNC(=O)c1ccco1)N(C)Cc1ccccc1. The normalized spacial score (nSPS) is 12.0. The number of nitrogens with zero attached hydrogens (tertiary/aromatic N) is 1. The van der Waals surface area contributed by atoms with E-state index in [0.29, 0.717) is 19.6 Å². The van der Waals surface area contributed by atoms with Gasteiger partial charge in [0.15, 0.2) is 5.76 Å². The molecule has 0 fully saturated rings. The maximum absolute atomic E-state index is 12.2. The van der Waals surface area contributed by atoms with Crippen LogP contribution in [0, 0.1) is 0 Å². The van der Waals surface area contributed by atoms with E-state index in [1.807, 2.05) is 49.2 Å². The predicted molar refractivity (Wildman–Crippen MR) is 91.4 cm³/mol. The molecule has 2 rings (SSSR count). The van der Waals surface area contributed by atoms with Crippen LogP contribution in [0.5, 0.6) is 0 Å². The van der Waals surface area contributed by atoms with Gasteiger partial charge in [-0.1, -0.05) is 30.3 Å². The summed E-state index contributed by atoms with van der Waals surface area (Å²) in [6, 6.07) is 13.0. The van der Waals surface area contributed by atoms with E-state index in [-0.39, 0.29) is 23.6 Å². The molecule has 128 valence electrons. The summed E-state index contributed by atoms with van der Waals surface area (Å²) in [6.07, 6.45) is 1.45. The van der Waals surface area contributed by atoms with E-state index >= 15 is 0 Å². The second-order valence-electron chi connectivity index (χ2n) is 5.60. The average molecular weight is 329 g/mol. The summed E-state index contributed by atoms with van der Waals surface area (Å²) >= 11 is 0. The lowest BCUT2D eigenvalue weighted by Crippen LogP contribution is -2.45. The van der Waals surface area contributed by atoms with Crippen LogP contribution in [0.25, 0.3) is 0 Å². The van der Waals surface area contributed by atoms with Crippen molar-refractivity contribution in [1.29, 1.82) is 0 Å². The maximum atomic E-state index is 12.2. The van der Waals surface area contributed by atoms with E-state index in [4.69, 9.17) is 4.42 Å². The molecular weight excluding hydrogens is 306 g/mol. The molecule has 0 aliphatic rings. The molecule has 0 saturated heterocycles. The molecule has 0 bridgehead atoms. The first-order valence-electron chi connectivity index (χ1n) is 7.91. The van der Waals surface area contributed by atoms with Gasteiger partial charge in [-0.25, -0.2) is 0 Å². The molecule has 0 aliphatic carbocycles. The molecule has 0 spiro atoms. The van der Waals surface area contributed by atoms with Crippen molar-refractivity contribution in [3.8, 4) is 0 Å². The Morgan fingerprint density at radius 1 is 1.08 bits per heavy atom. The minimum Gasteiger partial charge on any atom is -0.459 e. The van der Waals surface area contributed by atoms with Crippen LogP contribution in [0.4, 0.5) is 0 Å². The molecule has 1 aromatic heterocycles. The molecule has 1 heterocycles. The number of nitrogens with one attached hydrogen (secondary N) is 2. The van der Waals surface area contributed by atoms with Crippen LogP contribution in [0.1, 0.15) is 23.0 Å². The van der Waals surface area contributed by atoms with Crippen molar-refractivity contribution < 1.29 is 14.0 Å². The smallest absolute Gasteiger partial charge is 0.287 e. The minimum atomic E-state index is -0.288. The van der Waals surface area contributed by atoms with Gasteiger partial charge in [-0.2, -0.15) is 0 Å². The van der Waals surface area contributed by atoms with E-state index in [2.05, 4.69) is 10.6 Å². The number of rotatable bonds is 8. The number of likely N-dealkylation sites (N-methyl/N-ethyl adjacent to an activating group) is 1. The van der Waals surface area contributed by atoms with Gasteiger partial charge in [0, 0.05) is 19.6 Å². The van der Waals surface area contributed by atoms with Gasteiger partial charge >= 0.3 is 0 Å². The van der Waals surface area contributed by atoms with Gasteiger partial charge in [0.25, 0.3) is 5.91 Å². The van der Waals surface area contributed by atoms with E-state index < -0.39 is 0 Å². The highest BCUT2D eigenvalue weighted by molar-refractivity contribution is 5.91. The van der Waals surface area contributed by atoms with Gasteiger partial charge in [-0.05, 0) is 31.7 Å². The Bertz CT molecular complexity index is 641. The molecule has 0 saturated carbocycles. The third-order valence-corrected chi connectivity index (χ3v) is 3.77. The first kappa shape index (κ1) is 17.7. The van der Waals surface area contributed by atoms with Crippen LogP contribution < -0.4 is 10.6 Å². The fraction of sp³-hybridized carbons (Fsp3) is 0.333. The second-order valence-corrected chi connectivity index (χ2v) is 5.60. The Balaban J connectivity index is 1.68. The summed E-state index contributed by atoms with van der Waals surface area (Å²) in [5.41, 5.74) is 1.16. The second kappa shape index (κ2) is 8.88. The summed E-state index contributed by atoms with van der Waals surface area (Å²) < 4.78 is 4.99. The van der Waals surface area contributed by atoms with Crippen molar-refractivity contribution in [2.45, 2.75) is 19.5 Å². The van der Waals surface area contributed by atoms with Crippen LogP contribution in [0.15, 0.2) is 53.1 Å². The number of carbonyl (C=O) groups is 2. The molecule has 2 N–H and O–H groups in total. The van der Waals surface area contributed by atoms with Crippen molar-refractivity contribution in [2.75, 3.05) is 20.1 Å². The number of carbonyl (C=O) groups excluding carboxylic acids is 2. The van der Waals surface area contributed by atoms with Crippen molar-refractivity contribution >= 4 is 11.8 Å². The monoisotopic (exact) mass is 329 g/mol. The Morgan fingerprint density at radius 2 is 1.79 bits per heavy atom. The summed E-state index contributed by atoms with van der Waals surface area (Å²) in [4.78, 5) is 25.8. The molecule has 1 atom stereocenters. The quantitative estimate of drug-likeness (QED) is 0.722. The molecule has 6 nitrogen and oxygen atoms in total. The molecule has 2 aromatic rings. The number of benzene rings is 1. The van der Waals surface area contributed by atoms with Gasteiger partial charge in [-0.3, -0.25) is 14.5 Å². The summed E-state index contributed by atoms with van der Waals surface area (Å²) in [6.45, 7) is 3.28. The van der Waals surface area contributed by atoms with Gasteiger partial charge in [-0.15, -0.1) is 0 Å². The van der Waals surface area contributed by atoms with E-state index in [1.165, 1.54) is 6.26 Å². The van der Waals surface area contributed by atoms with Gasteiger partial charge in [0.1, 0.15) is 0 Å². The topological polar surface area (TPSA) is 74.6 Å². The Morgan fingerprint density at radius 3 is 2.46 bits per heavy atom. The van der Waals surface area contributed by atoms with E-state index in [0.717, 1.165) is 5.56 Å². The highest BCUT2D eigenvalue weighted by Gasteiger charge is 2.17. The zero-order valence-electron chi connectivity index (χ0n) is 14.0. The number of furan rings is 1. The third kappa shape index (κ3) is 5.24. The standard InChI is InChI=1S/C18H23N3O3/c1-14(21(2)13-15-7-4-3-5-8-15)17(22)19-10-11-20-18(23)16-9-6-12-24-16/h3-9,12,14H,10-11,13H2,1-2H3,(H,19,22)(H,20,23). The predicted octanol–water partition coefficient (Wildman–Crippen LogP) is 1.65. The molecule has 6 heteroatoms. The minimum absolute atomic E-state index is 0.0688. The lowest BCUT2D eigenvalue weighted by molar-refractivity contribution is -0.125. The lowest BCUT2D eigenvalue weighted by atomic mass is 10.2. The van der Waals surface area contributed by atoms with Gasteiger partial charge in [0.05, 0.1) is 12.3 Å². The van der Waals surface area contributed by atoms with Gasteiger partial charge in [0.2, 0.25) is 5.91 Å². The fourth-order valence-corrected chi connectivity index (χ4v) is 2.21. The zero-order valence-corrected chi connectivity index (χ0v) is 14.0. The summed E-state index contributed by atoms with van der Waals surface area (Å²) in [5.74, 6) is -0.0959. The van der Waals surface area contributed by atoms with Crippen molar-refractivity contribution in [2.24, 2.45) is 0 Å². The lowest BCUT2D eigenvalue weighted by Gasteiger charge is -2.24. The van der Waals surface area contributed by atoms with Gasteiger partial charge < -0.3 is 15.1 Å². The van der Waals surface area contributed by atoms with E-state index in [9.17, 15) is 9.59 Å². The third-order valence-electron chi connectivity index (χ3n) is 3.77. The largest absolute Gasteiger partial charge is 0.459 e. The van der Waals surface area contributed by atoms with Crippen LogP contribution in [0.3, 0.4) is 0 Å². The Labute approximate surface area is 141 Å². The van der Waals surface area contributed by atoms with Crippen LogP contribution in [0.2, 0.25) is 0 Å². The molecule has 24 heavy (non-hydrogen) atoms. The summed E-state index contributed by atoms with van der Waals surface area (Å²) in [5, 5.41) is 5.51. The Kier molecular flexibility index (Phi) is 6.57. The highest BCUT2D eigenvalue weighted by atomic mass is 16.3. The van der Waals surface area contributed by atoms with Crippen LogP contribution >= 0.6 is 0 Å². The molecular formula is C18H23N3O3. The zero-order chi connectivity index (χ0) is 17.4. The molecule has 1 aromatic carbocycles. The maximum Gasteiger partial charge on any atom is 0.287 e. The summed E-state index contributed by atoms with van der Waals surface area (Å²) in [7, 11) is 1.91. The first-order chi connectivity index (χ1) is 11.6. The van der Waals surface area contributed by atoms with Crippen molar-refractivity contribution in [3.63, 3.8) is 0 Å². The Hall–Kier alpha value is -2.60. The first-order valence-corrected chi connectivity index (χ1v) is 7.91. The highest BCUT2D eigenvalue weighted by Crippen LogP contribution is 2.06. The molecule has 1 unspecified atom stereocenters. The number of amides is 2. The van der Waals surface area contributed by atoms with Crippen LogP contribution in [-0.2, 0) is 11.3 Å². The molecule has 0 radical (unpaired) electrons. The fourth-order valence-electron chi connectivity index (χ4n) is 2.21.